The van der Waals surface area contributed by atoms with E-state index in [9.17, 15) is 9.90 Å². The SMILES string of the molecule is CC(C)(C)OC(=O)NC1CCC(CC2(O)CCCNC2)CC1. The second-order valence-electron chi connectivity index (χ2n) is 8.07. The Kier molecular flexibility index (Phi) is 5.72. The Morgan fingerprint density at radius 2 is 2.00 bits per heavy atom. The smallest absolute Gasteiger partial charge is 0.407 e. The summed E-state index contributed by atoms with van der Waals surface area (Å²) in [5.41, 5.74) is -0.965. The first-order chi connectivity index (χ1) is 10.3. The first-order valence-corrected chi connectivity index (χ1v) is 8.68. The highest BCUT2D eigenvalue weighted by Gasteiger charge is 2.34. The van der Waals surface area contributed by atoms with Crippen LogP contribution in [-0.4, -0.2) is 41.5 Å². The number of aliphatic hydroxyl groups is 1. The number of nitrogens with one attached hydrogen (secondary N) is 2. The summed E-state index contributed by atoms with van der Waals surface area (Å²) in [5, 5.41) is 16.9. The molecule has 0 bridgehead atoms. The lowest BCUT2D eigenvalue weighted by molar-refractivity contribution is -0.0117. The minimum atomic E-state index is -0.519. The van der Waals surface area contributed by atoms with Crippen molar-refractivity contribution in [3.05, 3.63) is 0 Å². The van der Waals surface area contributed by atoms with Crippen LogP contribution in [0.3, 0.4) is 0 Å². The van der Waals surface area contributed by atoms with Crippen LogP contribution in [0.25, 0.3) is 0 Å². The minimum Gasteiger partial charge on any atom is -0.444 e. The third kappa shape index (κ3) is 5.76. The van der Waals surface area contributed by atoms with Crippen LogP contribution >= 0.6 is 0 Å². The van der Waals surface area contributed by atoms with Gasteiger partial charge in [0.15, 0.2) is 0 Å². The molecule has 5 heteroatoms. The summed E-state index contributed by atoms with van der Waals surface area (Å²) in [4.78, 5) is 11.8. The molecule has 1 aliphatic heterocycles. The molecule has 22 heavy (non-hydrogen) atoms. The third-order valence-electron chi connectivity index (χ3n) is 4.69. The standard InChI is InChI=1S/C17H32N2O3/c1-16(2,3)22-15(20)19-14-7-5-13(6-8-14)11-17(21)9-4-10-18-12-17/h13-14,18,21H,4-12H2,1-3H3,(H,19,20). The van der Waals surface area contributed by atoms with Crippen LogP contribution < -0.4 is 10.6 Å². The van der Waals surface area contributed by atoms with Crippen LogP contribution in [0.2, 0.25) is 0 Å². The third-order valence-corrected chi connectivity index (χ3v) is 4.69. The van der Waals surface area contributed by atoms with E-state index in [4.69, 9.17) is 4.74 Å². The number of rotatable bonds is 3. The van der Waals surface area contributed by atoms with Crippen molar-refractivity contribution < 1.29 is 14.6 Å². The maximum atomic E-state index is 11.8. The molecule has 1 saturated heterocycles. The van der Waals surface area contributed by atoms with Gasteiger partial charge in [-0.3, -0.25) is 0 Å². The number of hydrogen-bond acceptors (Lipinski definition) is 4. The van der Waals surface area contributed by atoms with Crippen LogP contribution in [0.5, 0.6) is 0 Å². The van der Waals surface area contributed by atoms with E-state index in [1.54, 1.807) is 0 Å². The Hall–Kier alpha value is -0.810. The van der Waals surface area contributed by atoms with E-state index < -0.39 is 11.2 Å². The maximum absolute atomic E-state index is 11.8. The Balaban J connectivity index is 1.70. The quantitative estimate of drug-likeness (QED) is 0.749. The van der Waals surface area contributed by atoms with Crippen molar-refractivity contribution in [3.63, 3.8) is 0 Å². The summed E-state index contributed by atoms with van der Waals surface area (Å²) in [7, 11) is 0. The maximum Gasteiger partial charge on any atom is 0.407 e. The fourth-order valence-electron chi connectivity index (χ4n) is 3.65. The van der Waals surface area contributed by atoms with Gasteiger partial charge in [0.2, 0.25) is 0 Å². The van der Waals surface area contributed by atoms with Crippen molar-refractivity contribution in [1.29, 1.82) is 0 Å². The molecule has 128 valence electrons. The molecule has 1 atom stereocenters. The predicted molar refractivity (Wildman–Crippen MR) is 86.8 cm³/mol. The minimum absolute atomic E-state index is 0.213. The largest absolute Gasteiger partial charge is 0.444 e. The molecule has 1 aliphatic carbocycles. The van der Waals surface area contributed by atoms with E-state index in [0.717, 1.165) is 58.0 Å². The van der Waals surface area contributed by atoms with Gasteiger partial charge in [-0.15, -0.1) is 0 Å². The van der Waals surface area contributed by atoms with E-state index in [2.05, 4.69) is 10.6 Å². The van der Waals surface area contributed by atoms with Crippen molar-refractivity contribution in [2.75, 3.05) is 13.1 Å². The lowest BCUT2D eigenvalue weighted by atomic mass is 9.77. The lowest BCUT2D eigenvalue weighted by Crippen LogP contribution is -2.47. The molecule has 0 aromatic carbocycles. The number of alkyl carbamates (subject to hydrolysis) is 1. The van der Waals surface area contributed by atoms with Gasteiger partial charge in [-0.05, 0) is 78.2 Å². The number of piperidine rings is 1. The van der Waals surface area contributed by atoms with Crippen molar-refractivity contribution in [3.8, 4) is 0 Å². The number of β-amino-alcohol motifs (C(OH)–C–C–N with tert-alkyl or cyclic N) is 1. The average Bonchev–Trinajstić information content (AvgIpc) is 2.39. The van der Waals surface area contributed by atoms with E-state index in [0.29, 0.717) is 5.92 Å². The van der Waals surface area contributed by atoms with Gasteiger partial charge in [-0.2, -0.15) is 0 Å². The second-order valence-corrected chi connectivity index (χ2v) is 8.07. The molecule has 5 nitrogen and oxygen atoms in total. The van der Waals surface area contributed by atoms with Gasteiger partial charge >= 0.3 is 6.09 Å². The molecule has 1 heterocycles. The summed E-state index contributed by atoms with van der Waals surface area (Å²) < 4.78 is 5.31. The van der Waals surface area contributed by atoms with Crippen LogP contribution in [0.15, 0.2) is 0 Å². The zero-order valence-corrected chi connectivity index (χ0v) is 14.3. The van der Waals surface area contributed by atoms with Crippen LogP contribution in [0.1, 0.15) is 65.7 Å². The molecular formula is C17H32N2O3. The zero-order valence-electron chi connectivity index (χ0n) is 14.3. The van der Waals surface area contributed by atoms with Gasteiger partial charge < -0.3 is 20.5 Å². The Morgan fingerprint density at radius 1 is 1.32 bits per heavy atom. The molecule has 1 amide bonds. The highest BCUT2D eigenvalue weighted by molar-refractivity contribution is 5.68. The predicted octanol–water partition coefficient (Wildman–Crippen LogP) is 2.57. The Morgan fingerprint density at radius 3 is 2.55 bits per heavy atom. The van der Waals surface area contributed by atoms with Crippen LogP contribution in [-0.2, 0) is 4.74 Å². The number of carbonyl (C=O) groups excluding carboxylic acids is 1. The summed E-state index contributed by atoms with van der Waals surface area (Å²) in [5.74, 6) is 0.571. The number of carbonyl (C=O) groups is 1. The van der Waals surface area contributed by atoms with Gasteiger partial charge in [-0.1, -0.05) is 0 Å². The average molecular weight is 312 g/mol. The topological polar surface area (TPSA) is 70.6 Å². The number of hydrogen-bond donors (Lipinski definition) is 3. The fraction of sp³-hybridized carbons (Fsp3) is 0.941. The second kappa shape index (κ2) is 7.18. The van der Waals surface area contributed by atoms with Crippen molar-refractivity contribution >= 4 is 6.09 Å². The van der Waals surface area contributed by atoms with Crippen LogP contribution in [0.4, 0.5) is 4.79 Å². The van der Waals surface area contributed by atoms with Crippen molar-refractivity contribution in [2.24, 2.45) is 5.92 Å². The first kappa shape index (κ1) is 17.5. The molecule has 1 unspecified atom stereocenters. The summed E-state index contributed by atoms with van der Waals surface area (Å²) in [6.07, 6.45) is 6.65. The van der Waals surface area contributed by atoms with Crippen molar-refractivity contribution in [1.82, 2.24) is 10.6 Å². The first-order valence-electron chi connectivity index (χ1n) is 8.68. The zero-order chi connectivity index (χ0) is 16.2. The molecular weight excluding hydrogens is 280 g/mol. The van der Waals surface area contributed by atoms with Crippen molar-refractivity contribution in [2.45, 2.75) is 83.0 Å². The Labute approximate surface area is 134 Å². The molecule has 2 fully saturated rings. The van der Waals surface area contributed by atoms with E-state index in [1.165, 1.54) is 0 Å². The number of amides is 1. The molecule has 0 spiro atoms. The highest BCUT2D eigenvalue weighted by Crippen LogP contribution is 2.33. The van der Waals surface area contributed by atoms with E-state index in [-0.39, 0.29) is 12.1 Å². The molecule has 0 radical (unpaired) electrons. The monoisotopic (exact) mass is 312 g/mol. The number of ether oxygens (including phenoxy) is 1. The molecule has 3 N–H and O–H groups in total. The van der Waals surface area contributed by atoms with Gasteiger partial charge in [0.25, 0.3) is 0 Å². The molecule has 2 rings (SSSR count). The molecule has 1 saturated carbocycles. The molecule has 0 aromatic heterocycles. The van der Waals surface area contributed by atoms with Gasteiger partial charge in [-0.25, -0.2) is 4.79 Å². The normalized spacial score (nSPS) is 33.3. The lowest BCUT2D eigenvalue weighted by Gasteiger charge is -2.38. The van der Waals surface area contributed by atoms with Crippen LogP contribution in [0, 0.1) is 5.92 Å². The molecule has 2 aliphatic rings. The van der Waals surface area contributed by atoms with Gasteiger partial charge in [0.1, 0.15) is 5.60 Å². The van der Waals surface area contributed by atoms with E-state index >= 15 is 0 Å². The molecule has 0 aromatic rings. The highest BCUT2D eigenvalue weighted by atomic mass is 16.6. The summed E-state index contributed by atoms with van der Waals surface area (Å²) in [6, 6.07) is 0.213. The Bertz CT molecular complexity index is 365. The van der Waals surface area contributed by atoms with Gasteiger partial charge in [0, 0.05) is 12.6 Å². The summed E-state index contributed by atoms with van der Waals surface area (Å²) >= 11 is 0. The van der Waals surface area contributed by atoms with Gasteiger partial charge in [0.05, 0.1) is 5.60 Å². The van der Waals surface area contributed by atoms with E-state index in [1.807, 2.05) is 20.8 Å². The summed E-state index contributed by atoms with van der Waals surface area (Å²) in [6.45, 7) is 7.38. The fourth-order valence-corrected chi connectivity index (χ4v) is 3.65.